The van der Waals surface area contributed by atoms with E-state index in [2.05, 4.69) is 122 Å². The minimum absolute atomic E-state index is 0.367. The van der Waals surface area contributed by atoms with Crippen LogP contribution in [0.5, 0.6) is 0 Å². The van der Waals surface area contributed by atoms with Gasteiger partial charge in [-0.15, -0.1) is 0 Å². The summed E-state index contributed by atoms with van der Waals surface area (Å²) in [4.78, 5) is 14.3. The van der Waals surface area contributed by atoms with Crippen LogP contribution in [0.1, 0.15) is 115 Å². The molecule has 0 aliphatic carbocycles. The van der Waals surface area contributed by atoms with Gasteiger partial charge in [-0.2, -0.15) is 0 Å². The molecule has 2 aromatic carbocycles. The van der Waals surface area contributed by atoms with Gasteiger partial charge in [0.2, 0.25) is 5.52 Å². The van der Waals surface area contributed by atoms with E-state index in [4.69, 9.17) is 0 Å². The van der Waals surface area contributed by atoms with E-state index in [1.165, 1.54) is 44.8 Å². The maximum atomic E-state index is 14.3. The summed E-state index contributed by atoms with van der Waals surface area (Å²) in [6.07, 6.45) is 4.05. The molecule has 2 atom stereocenters. The predicted octanol–water partition coefficient (Wildman–Crippen LogP) is 10.6. The maximum Gasteiger partial charge on any atom is 0.208 e. The lowest BCUT2D eigenvalue weighted by atomic mass is 9.92. The number of hydrogen-bond donors (Lipinski definition) is 1. The van der Waals surface area contributed by atoms with E-state index in [9.17, 15) is 4.79 Å². The summed E-state index contributed by atoms with van der Waals surface area (Å²) in [5.74, 6) is 1.55. The van der Waals surface area contributed by atoms with Gasteiger partial charge in [0.25, 0.3) is 0 Å². The molecule has 1 unspecified atom stereocenters. The Kier molecular flexibility index (Phi) is 8.91. The van der Waals surface area contributed by atoms with Crippen LogP contribution in [0.25, 0.3) is 0 Å². The highest BCUT2D eigenvalue weighted by atomic mass is 32.1. The Morgan fingerprint density at radius 3 is 1.66 bits per heavy atom. The van der Waals surface area contributed by atoms with E-state index in [1.807, 2.05) is 0 Å². The first-order chi connectivity index (χ1) is 17.9. The van der Waals surface area contributed by atoms with Crippen molar-refractivity contribution in [1.29, 1.82) is 0 Å². The van der Waals surface area contributed by atoms with Crippen LogP contribution in [0, 0.1) is 0 Å². The smallest absolute Gasteiger partial charge is 0.208 e. The maximum absolute atomic E-state index is 14.3. The van der Waals surface area contributed by atoms with E-state index in [0.717, 1.165) is 18.0 Å². The molecule has 0 saturated carbocycles. The number of fused-ring (bicyclic) bond motifs is 1. The van der Waals surface area contributed by atoms with Crippen LogP contribution < -0.4 is 9.99 Å². The molecule has 0 spiro atoms. The van der Waals surface area contributed by atoms with Crippen molar-refractivity contribution in [3.8, 4) is 0 Å². The van der Waals surface area contributed by atoms with Crippen LogP contribution in [0.3, 0.4) is 0 Å². The quantitative estimate of drug-likeness (QED) is 0.212. The van der Waals surface area contributed by atoms with E-state index >= 15 is 0 Å². The molecule has 204 valence electrons. The minimum atomic E-state index is -0.747. The molecule has 5 heteroatoms. The number of nitrogens with one attached hydrogen (secondary N) is 1. The van der Waals surface area contributed by atoms with Crippen LogP contribution in [0.2, 0.25) is 0 Å². The molecule has 4 rings (SSSR count). The molecule has 1 saturated heterocycles. The molecule has 2 aliphatic heterocycles. The Hall–Kier alpha value is -1.95. The molecule has 2 aliphatic rings. The zero-order chi connectivity index (χ0) is 27.9. The van der Waals surface area contributed by atoms with Gasteiger partial charge in [-0.3, -0.25) is 4.79 Å². The highest BCUT2D eigenvalue weighted by molar-refractivity contribution is 8.38. The topological polar surface area (TPSA) is 32.3 Å². The molecule has 0 bridgehead atoms. The Bertz CT molecular complexity index is 1220. The number of rotatable bonds is 7. The fourth-order valence-electron chi connectivity index (χ4n) is 5.55. The number of allylic oxidation sites excluding steroid dienone is 3. The number of nitrogens with zero attached hydrogens (tertiary/aromatic N) is 1. The molecule has 0 radical (unpaired) electrons. The average molecular weight is 549 g/mol. The third kappa shape index (κ3) is 5.39. The van der Waals surface area contributed by atoms with Gasteiger partial charge < -0.3 is 9.99 Å². The number of para-hydroxylation sites is 2. The summed E-state index contributed by atoms with van der Waals surface area (Å²) in [6, 6.07) is 13.4. The normalized spacial score (nSPS) is 21.1. The van der Waals surface area contributed by atoms with Crippen molar-refractivity contribution in [1.82, 2.24) is 0 Å². The summed E-state index contributed by atoms with van der Waals surface area (Å²) < 4.78 is 2.53. The molecular weight excluding hydrogens is 502 g/mol. The zero-order valence-electron chi connectivity index (χ0n) is 25.0. The van der Waals surface area contributed by atoms with Gasteiger partial charge in [0, 0.05) is 39.6 Å². The Labute approximate surface area is 233 Å². The summed E-state index contributed by atoms with van der Waals surface area (Å²) in [7, 11) is -1.37. The van der Waals surface area contributed by atoms with E-state index in [1.54, 1.807) is 0 Å². The number of hydrogen-bond acceptors (Lipinski definition) is 3. The first kappa shape index (κ1) is 29.0. The first-order valence-electron chi connectivity index (χ1n) is 14.2. The van der Waals surface area contributed by atoms with Crippen molar-refractivity contribution in [3.63, 3.8) is 0 Å². The molecule has 1 N–H and O–H groups in total. The van der Waals surface area contributed by atoms with Crippen LogP contribution in [0.4, 0.5) is 11.4 Å². The lowest BCUT2D eigenvalue weighted by molar-refractivity contribution is -0.108. The van der Waals surface area contributed by atoms with E-state index in [-0.39, 0.29) is 0 Å². The zero-order valence-corrected chi connectivity index (χ0v) is 26.8. The predicted molar refractivity (Wildman–Crippen MR) is 170 cm³/mol. The molecule has 3 nitrogen and oxygen atoms in total. The van der Waals surface area contributed by atoms with Crippen LogP contribution in [-0.4, -0.2) is 17.8 Å². The second-order valence-corrected chi connectivity index (χ2v) is 18.0. The number of carbonyl (C=O) groups excluding carboxylic acids is 1. The van der Waals surface area contributed by atoms with Gasteiger partial charge in [-0.25, -0.2) is 0 Å². The third-order valence-corrected chi connectivity index (χ3v) is 15.2. The Balaban J connectivity index is 1.93. The Morgan fingerprint density at radius 1 is 0.737 bits per heavy atom. The summed E-state index contributed by atoms with van der Waals surface area (Å²) >= 11 is 0. The Morgan fingerprint density at radius 2 is 1.18 bits per heavy atom. The SMILES string of the molecule is CC1=C(C)C[P@@]2N(c3c(C(C)C)cccc3C(C)C)/C(=C/Nc3c(C(C)C)cccc3C(C)C)C(=O)P2C1. The van der Waals surface area contributed by atoms with Crippen LogP contribution >= 0.6 is 15.4 Å². The molecule has 2 heterocycles. The lowest BCUT2D eigenvalue weighted by Crippen LogP contribution is -2.20. The largest absolute Gasteiger partial charge is 0.359 e. The first-order valence-corrected chi connectivity index (χ1v) is 17.9. The summed E-state index contributed by atoms with van der Waals surface area (Å²) in [6.45, 7) is 22.6. The van der Waals surface area contributed by atoms with E-state index < -0.39 is 15.4 Å². The van der Waals surface area contributed by atoms with Gasteiger partial charge in [0.15, 0.2) is 0 Å². The molecule has 38 heavy (non-hydrogen) atoms. The van der Waals surface area contributed by atoms with Crippen molar-refractivity contribution < 1.29 is 4.79 Å². The number of benzene rings is 2. The highest BCUT2D eigenvalue weighted by Crippen LogP contribution is 2.81. The van der Waals surface area contributed by atoms with Gasteiger partial charge >= 0.3 is 0 Å². The van der Waals surface area contributed by atoms with Crippen molar-refractivity contribution in [2.75, 3.05) is 22.3 Å². The third-order valence-electron chi connectivity index (χ3n) is 7.97. The summed E-state index contributed by atoms with van der Waals surface area (Å²) in [5.41, 5.74) is 11.9. The molecule has 1 fully saturated rings. The monoisotopic (exact) mass is 548 g/mol. The molecule has 0 amide bonds. The summed E-state index contributed by atoms with van der Waals surface area (Å²) in [5, 5.41) is 3.73. The van der Waals surface area contributed by atoms with Crippen molar-refractivity contribution in [3.05, 3.63) is 81.7 Å². The highest BCUT2D eigenvalue weighted by Gasteiger charge is 2.48. The molecule has 2 aromatic rings. The number of anilines is 2. The number of carbonyl (C=O) groups is 1. The van der Waals surface area contributed by atoms with Crippen molar-refractivity contribution >= 4 is 32.3 Å². The second kappa shape index (κ2) is 11.7. The van der Waals surface area contributed by atoms with E-state index in [0.29, 0.717) is 29.2 Å². The fourth-order valence-corrected chi connectivity index (χ4v) is 13.8. The lowest BCUT2D eigenvalue weighted by Gasteiger charge is -2.36. The minimum Gasteiger partial charge on any atom is -0.359 e. The molecule has 0 aromatic heterocycles. The average Bonchev–Trinajstić information content (AvgIpc) is 3.11. The van der Waals surface area contributed by atoms with Gasteiger partial charge in [-0.05, 0) is 59.8 Å². The van der Waals surface area contributed by atoms with Gasteiger partial charge in [0.05, 0.1) is 5.69 Å². The van der Waals surface area contributed by atoms with Gasteiger partial charge in [-0.1, -0.05) is 103 Å². The van der Waals surface area contributed by atoms with Crippen LogP contribution in [-0.2, 0) is 4.79 Å². The fraction of sp³-hybridized carbons (Fsp3) is 0.485. The standard InChI is InChI=1S/C33H46N2OP2/c1-20(2)26-13-11-14-27(21(3)4)31(26)34-17-30-33(36)37-18-24(9)25(10)19-38(37)35(30)32-28(22(5)6)15-12-16-29(32)23(7)8/h11-17,20-23,34H,18-19H2,1-10H3/b30-17+/t37?,38-/m0/s1. The second-order valence-electron chi connectivity index (χ2n) is 12.2. The van der Waals surface area contributed by atoms with Crippen molar-refractivity contribution in [2.45, 2.75) is 92.9 Å². The van der Waals surface area contributed by atoms with Crippen molar-refractivity contribution in [2.24, 2.45) is 0 Å². The molecular formula is C33H46N2OP2. The van der Waals surface area contributed by atoms with Crippen LogP contribution in [0.15, 0.2) is 59.4 Å². The van der Waals surface area contributed by atoms with Gasteiger partial charge in [0.1, 0.15) is 5.70 Å².